The van der Waals surface area contributed by atoms with Crippen LogP contribution in [-0.2, 0) is 17.9 Å². The molecule has 1 aromatic heterocycles. The van der Waals surface area contributed by atoms with Crippen molar-refractivity contribution in [3.05, 3.63) is 63.6 Å². The van der Waals surface area contributed by atoms with Crippen LogP contribution in [0.15, 0.2) is 45.6 Å². The summed E-state index contributed by atoms with van der Waals surface area (Å²) in [6.07, 6.45) is -0.0891. The molecule has 8 heteroatoms. The maximum atomic E-state index is 12.9. The molecule has 0 atom stereocenters. The summed E-state index contributed by atoms with van der Waals surface area (Å²) in [5.41, 5.74) is 3.14. The zero-order valence-corrected chi connectivity index (χ0v) is 14.2. The third-order valence-corrected chi connectivity index (χ3v) is 4.47. The average Bonchev–Trinajstić information content (AvgIpc) is 3.23. The third-order valence-electron chi connectivity index (χ3n) is 4.47. The fraction of sp³-hybridized carbons (Fsp3) is 0.211. The summed E-state index contributed by atoms with van der Waals surface area (Å²) in [5.74, 6) is -1.08. The molecule has 0 radical (unpaired) electrons. The monoisotopic (exact) mass is 368 g/mol. The number of aliphatic carboxylic acids is 1. The van der Waals surface area contributed by atoms with Crippen molar-refractivity contribution in [2.24, 2.45) is 0 Å². The molecule has 1 aliphatic rings. The van der Waals surface area contributed by atoms with Crippen molar-refractivity contribution in [2.45, 2.75) is 19.5 Å². The molecule has 0 bridgehead atoms. The Morgan fingerprint density at radius 2 is 2.07 bits per heavy atom. The van der Waals surface area contributed by atoms with Gasteiger partial charge in [0.1, 0.15) is 5.75 Å². The number of aromatic nitrogens is 1. The van der Waals surface area contributed by atoms with Gasteiger partial charge >= 0.3 is 11.7 Å². The Labute approximate surface area is 153 Å². The molecule has 2 N–H and O–H groups in total. The standard InChI is InChI=1S/C19H16N2O6/c22-17(23)6-7-26-15-3-1-2-12-9-21(10-13(12)15)18(24)11-4-5-14-16(8-11)27-19(25)20-14/h1-5,8H,6-7,9-10H2,(H,20,25)(H,22,23). The number of hydrogen-bond acceptors (Lipinski definition) is 5. The Hall–Kier alpha value is -3.55. The molecule has 0 unspecified atom stereocenters. The van der Waals surface area contributed by atoms with Gasteiger partial charge in [-0.2, -0.15) is 0 Å². The van der Waals surface area contributed by atoms with Crippen LogP contribution in [-0.4, -0.2) is 33.5 Å². The SMILES string of the molecule is O=C(O)CCOc1cccc2c1CN(C(=O)c1ccc3[nH]c(=O)oc3c1)C2. The van der Waals surface area contributed by atoms with Gasteiger partial charge in [-0.3, -0.25) is 14.6 Å². The lowest BCUT2D eigenvalue weighted by Crippen LogP contribution is -2.25. The Morgan fingerprint density at radius 3 is 2.89 bits per heavy atom. The number of hydrogen-bond donors (Lipinski definition) is 2. The van der Waals surface area contributed by atoms with Crippen LogP contribution in [0, 0.1) is 0 Å². The number of rotatable bonds is 5. The molecule has 2 heterocycles. The molecular weight excluding hydrogens is 352 g/mol. The molecular formula is C19H16N2O6. The third kappa shape index (κ3) is 3.29. The van der Waals surface area contributed by atoms with Gasteiger partial charge < -0.3 is 19.2 Å². The zero-order chi connectivity index (χ0) is 19.0. The van der Waals surface area contributed by atoms with Crippen LogP contribution in [0.5, 0.6) is 5.75 Å². The van der Waals surface area contributed by atoms with Gasteiger partial charge in [-0.05, 0) is 29.8 Å². The van der Waals surface area contributed by atoms with Crippen molar-refractivity contribution in [2.75, 3.05) is 6.61 Å². The van der Waals surface area contributed by atoms with E-state index in [1.54, 1.807) is 29.2 Å². The van der Waals surface area contributed by atoms with Crippen LogP contribution in [0.4, 0.5) is 0 Å². The highest BCUT2D eigenvalue weighted by atomic mass is 16.5. The van der Waals surface area contributed by atoms with Crippen molar-refractivity contribution in [1.82, 2.24) is 9.88 Å². The summed E-state index contributed by atoms with van der Waals surface area (Å²) in [7, 11) is 0. The number of carboxylic acid groups (broad SMARTS) is 1. The lowest BCUT2D eigenvalue weighted by atomic mass is 10.1. The van der Waals surface area contributed by atoms with Gasteiger partial charge in [0.25, 0.3) is 5.91 Å². The topological polar surface area (TPSA) is 113 Å². The maximum Gasteiger partial charge on any atom is 0.417 e. The maximum absolute atomic E-state index is 12.9. The van der Waals surface area contributed by atoms with Gasteiger partial charge in [0.05, 0.1) is 25.1 Å². The van der Waals surface area contributed by atoms with E-state index in [0.717, 1.165) is 11.1 Å². The van der Waals surface area contributed by atoms with Gasteiger partial charge in [0, 0.05) is 17.7 Å². The highest BCUT2D eigenvalue weighted by Gasteiger charge is 2.27. The van der Waals surface area contributed by atoms with E-state index in [4.69, 9.17) is 14.3 Å². The molecule has 0 spiro atoms. The van der Waals surface area contributed by atoms with E-state index in [0.29, 0.717) is 35.5 Å². The molecule has 27 heavy (non-hydrogen) atoms. The lowest BCUT2D eigenvalue weighted by molar-refractivity contribution is -0.137. The highest BCUT2D eigenvalue weighted by Crippen LogP contribution is 2.32. The number of nitrogens with zero attached hydrogens (tertiary/aromatic N) is 1. The van der Waals surface area contributed by atoms with E-state index in [2.05, 4.69) is 4.98 Å². The van der Waals surface area contributed by atoms with Crippen molar-refractivity contribution in [3.8, 4) is 5.75 Å². The summed E-state index contributed by atoms with van der Waals surface area (Å²) >= 11 is 0. The number of H-pyrrole nitrogens is 1. The number of carbonyl (C=O) groups excluding carboxylic acids is 1. The molecule has 138 valence electrons. The Balaban J connectivity index is 1.53. The molecule has 0 saturated carbocycles. The van der Waals surface area contributed by atoms with Crippen molar-refractivity contribution in [3.63, 3.8) is 0 Å². The number of oxazole rings is 1. The molecule has 2 aromatic carbocycles. The number of fused-ring (bicyclic) bond motifs is 2. The quantitative estimate of drug-likeness (QED) is 0.713. The number of amides is 1. The molecule has 3 aromatic rings. The van der Waals surface area contributed by atoms with Gasteiger partial charge in [0.15, 0.2) is 5.58 Å². The van der Waals surface area contributed by atoms with Gasteiger partial charge in [0.2, 0.25) is 0 Å². The van der Waals surface area contributed by atoms with Gasteiger partial charge in [-0.25, -0.2) is 4.79 Å². The molecule has 0 saturated heterocycles. The molecule has 1 amide bonds. The molecule has 0 aliphatic carbocycles. The summed E-state index contributed by atoms with van der Waals surface area (Å²) in [6, 6.07) is 10.3. The van der Waals surface area contributed by atoms with E-state index >= 15 is 0 Å². The summed E-state index contributed by atoms with van der Waals surface area (Å²) < 4.78 is 10.6. The van der Waals surface area contributed by atoms with E-state index in [1.165, 1.54) is 0 Å². The largest absolute Gasteiger partial charge is 0.493 e. The second-order valence-electron chi connectivity index (χ2n) is 6.27. The Kier molecular flexibility index (Phi) is 4.15. The van der Waals surface area contributed by atoms with E-state index in [-0.39, 0.29) is 18.9 Å². The van der Waals surface area contributed by atoms with Crippen molar-refractivity contribution < 1.29 is 23.8 Å². The fourth-order valence-electron chi connectivity index (χ4n) is 3.18. The van der Waals surface area contributed by atoms with E-state index in [1.807, 2.05) is 12.1 Å². The predicted octanol–water partition coefficient (Wildman–Crippen LogP) is 2.13. The predicted molar refractivity (Wildman–Crippen MR) is 94.6 cm³/mol. The first kappa shape index (κ1) is 16.9. The molecule has 1 aliphatic heterocycles. The molecule has 0 fully saturated rings. The van der Waals surface area contributed by atoms with Crippen molar-refractivity contribution >= 4 is 23.0 Å². The number of carboxylic acids is 1. The van der Waals surface area contributed by atoms with Crippen molar-refractivity contribution in [1.29, 1.82) is 0 Å². The van der Waals surface area contributed by atoms with Crippen LogP contribution in [0.25, 0.3) is 11.1 Å². The number of ether oxygens (including phenoxy) is 1. The zero-order valence-electron chi connectivity index (χ0n) is 14.2. The van der Waals surface area contributed by atoms with Crippen LogP contribution >= 0.6 is 0 Å². The number of carbonyl (C=O) groups is 2. The first-order valence-electron chi connectivity index (χ1n) is 8.39. The van der Waals surface area contributed by atoms with E-state index in [9.17, 15) is 14.4 Å². The van der Waals surface area contributed by atoms with Crippen LogP contribution < -0.4 is 10.5 Å². The summed E-state index contributed by atoms with van der Waals surface area (Å²) in [5, 5.41) is 8.74. The highest BCUT2D eigenvalue weighted by molar-refractivity contribution is 5.97. The molecule has 4 rings (SSSR count). The Morgan fingerprint density at radius 1 is 1.22 bits per heavy atom. The number of benzene rings is 2. The van der Waals surface area contributed by atoms with Gasteiger partial charge in [-0.1, -0.05) is 12.1 Å². The lowest BCUT2D eigenvalue weighted by Gasteiger charge is -2.15. The first-order chi connectivity index (χ1) is 13.0. The van der Waals surface area contributed by atoms with Crippen LogP contribution in [0.1, 0.15) is 27.9 Å². The summed E-state index contributed by atoms with van der Waals surface area (Å²) in [6.45, 7) is 0.870. The summed E-state index contributed by atoms with van der Waals surface area (Å²) in [4.78, 5) is 39.0. The number of aromatic amines is 1. The fourth-order valence-corrected chi connectivity index (χ4v) is 3.18. The van der Waals surface area contributed by atoms with Gasteiger partial charge in [-0.15, -0.1) is 0 Å². The minimum absolute atomic E-state index is 0.0723. The first-order valence-corrected chi connectivity index (χ1v) is 8.39. The minimum Gasteiger partial charge on any atom is -0.493 e. The molecule has 8 nitrogen and oxygen atoms in total. The smallest absolute Gasteiger partial charge is 0.417 e. The second-order valence-corrected chi connectivity index (χ2v) is 6.27. The minimum atomic E-state index is -0.925. The van der Waals surface area contributed by atoms with Crippen LogP contribution in [0.2, 0.25) is 0 Å². The number of nitrogens with one attached hydrogen (secondary N) is 1. The Bertz CT molecular complexity index is 1100. The van der Waals surface area contributed by atoms with Crippen LogP contribution in [0.3, 0.4) is 0 Å². The second kappa shape index (κ2) is 6.64. The normalized spacial score (nSPS) is 13.0. The average molecular weight is 368 g/mol. The van der Waals surface area contributed by atoms with E-state index < -0.39 is 11.7 Å².